The Morgan fingerprint density at radius 3 is 2.69 bits per heavy atom. The minimum Gasteiger partial charge on any atom is -0.308 e. The highest BCUT2D eigenvalue weighted by Gasteiger charge is 2.18. The van der Waals surface area contributed by atoms with Crippen LogP contribution in [0.5, 0.6) is 0 Å². The van der Waals surface area contributed by atoms with Crippen molar-refractivity contribution in [3.8, 4) is 0 Å². The molecule has 2 aromatic heterocycles. The van der Waals surface area contributed by atoms with Crippen LogP contribution in [0.1, 0.15) is 11.3 Å². The van der Waals surface area contributed by atoms with Crippen molar-refractivity contribution in [3.63, 3.8) is 0 Å². The zero-order valence-corrected chi connectivity index (χ0v) is 13.8. The lowest BCUT2D eigenvalue weighted by atomic mass is 10.2. The number of benzene rings is 1. The second-order valence-corrected chi connectivity index (χ2v) is 5.60. The summed E-state index contributed by atoms with van der Waals surface area (Å²) in [7, 11) is 0. The highest BCUT2D eigenvalue weighted by Crippen LogP contribution is 2.16. The number of carbonyl (C=O) groups excluding carboxylic acids is 1. The first-order valence-corrected chi connectivity index (χ1v) is 7.67. The van der Waals surface area contributed by atoms with E-state index < -0.39 is 10.8 Å². The summed E-state index contributed by atoms with van der Waals surface area (Å²) < 4.78 is 15.8. The average molecular weight is 358 g/mol. The molecule has 1 amide bonds. The molecule has 26 heavy (non-hydrogen) atoms. The van der Waals surface area contributed by atoms with E-state index in [4.69, 9.17) is 0 Å². The average Bonchev–Trinajstić information content (AvgIpc) is 3.17. The molecule has 2 heterocycles. The number of hydrogen-bond donors (Lipinski definition) is 1. The first kappa shape index (κ1) is 17.3. The van der Waals surface area contributed by atoms with E-state index in [0.717, 1.165) is 11.8 Å². The smallest absolute Gasteiger partial charge is 0.308 e. The second kappa shape index (κ2) is 7.13. The molecule has 0 bridgehead atoms. The topological polar surface area (TPSA) is 108 Å². The van der Waals surface area contributed by atoms with E-state index in [1.807, 2.05) is 0 Å². The van der Waals surface area contributed by atoms with Crippen LogP contribution < -0.4 is 5.32 Å². The molecule has 0 aliphatic heterocycles. The zero-order chi connectivity index (χ0) is 18.7. The molecule has 0 saturated carbocycles. The van der Waals surface area contributed by atoms with Gasteiger partial charge < -0.3 is 5.32 Å². The standard InChI is InChI=1S/C16H15FN6O3/c1-11-14(23(25)26)8-18-22(11)10-16(24)19-15-6-7-21(20-15)9-12-2-4-13(17)5-3-12/h2-8H,9-10H2,1H3,(H,19,20,24). The van der Waals surface area contributed by atoms with Crippen LogP contribution in [0.2, 0.25) is 0 Å². The maximum Gasteiger partial charge on any atom is 0.309 e. The molecule has 0 aliphatic rings. The minimum absolute atomic E-state index is 0.138. The normalized spacial score (nSPS) is 10.7. The van der Waals surface area contributed by atoms with Crippen LogP contribution in [0.3, 0.4) is 0 Å². The summed E-state index contributed by atoms with van der Waals surface area (Å²) in [4.78, 5) is 22.3. The number of carbonyl (C=O) groups is 1. The quantitative estimate of drug-likeness (QED) is 0.536. The summed E-state index contributed by atoms with van der Waals surface area (Å²) in [6.07, 6.45) is 2.79. The summed E-state index contributed by atoms with van der Waals surface area (Å²) >= 11 is 0. The third-order valence-electron chi connectivity index (χ3n) is 3.73. The van der Waals surface area contributed by atoms with Gasteiger partial charge in [-0.25, -0.2) is 4.39 Å². The number of nitro groups is 1. The summed E-state index contributed by atoms with van der Waals surface area (Å²) in [6, 6.07) is 7.67. The Balaban J connectivity index is 1.61. The van der Waals surface area contributed by atoms with E-state index >= 15 is 0 Å². The fraction of sp³-hybridized carbons (Fsp3) is 0.188. The van der Waals surface area contributed by atoms with Crippen molar-refractivity contribution in [1.82, 2.24) is 19.6 Å². The Morgan fingerprint density at radius 2 is 2.04 bits per heavy atom. The van der Waals surface area contributed by atoms with Gasteiger partial charge in [0.15, 0.2) is 5.82 Å². The van der Waals surface area contributed by atoms with Crippen molar-refractivity contribution in [2.75, 3.05) is 5.32 Å². The van der Waals surface area contributed by atoms with E-state index in [2.05, 4.69) is 15.5 Å². The molecule has 3 rings (SSSR count). The molecule has 9 nitrogen and oxygen atoms in total. The highest BCUT2D eigenvalue weighted by molar-refractivity contribution is 5.89. The molecule has 0 saturated heterocycles. The van der Waals surface area contributed by atoms with E-state index in [-0.39, 0.29) is 18.0 Å². The lowest BCUT2D eigenvalue weighted by Crippen LogP contribution is -2.20. The van der Waals surface area contributed by atoms with Crippen molar-refractivity contribution in [2.45, 2.75) is 20.0 Å². The molecule has 0 spiro atoms. The van der Waals surface area contributed by atoms with Crippen molar-refractivity contribution in [2.24, 2.45) is 0 Å². The molecular weight excluding hydrogens is 343 g/mol. The number of nitrogens with one attached hydrogen (secondary N) is 1. The Kier molecular flexibility index (Phi) is 4.74. The third-order valence-corrected chi connectivity index (χ3v) is 3.73. The number of amides is 1. The van der Waals surface area contributed by atoms with Crippen molar-refractivity contribution >= 4 is 17.4 Å². The van der Waals surface area contributed by atoms with Crippen molar-refractivity contribution in [3.05, 3.63) is 69.9 Å². The van der Waals surface area contributed by atoms with E-state index in [1.165, 1.54) is 23.7 Å². The van der Waals surface area contributed by atoms with E-state index in [1.54, 1.807) is 29.1 Å². The van der Waals surface area contributed by atoms with Crippen LogP contribution in [0, 0.1) is 22.9 Å². The predicted octanol–water partition coefficient (Wildman–Crippen LogP) is 2.12. The van der Waals surface area contributed by atoms with Crippen LogP contribution >= 0.6 is 0 Å². The molecule has 134 valence electrons. The van der Waals surface area contributed by atoms with Gasteiger partial charge in [0.2, 0.25) is 5.91 Å². The lowest BCUT2D eigenvalue weighted by molar-refractivity contribution is -0.385. The molecule has 1 N–H and O–H groups in total. The van der Waals surface area contributed by atoms with Gasteiger partial charge in [-0.15, -0.1) is 0 Å². The summed E-state index contributed by atoms with van der Waals surface area (Å²) in [5, 5.41) is 21.5. The number of aromatic nitrogens is 4. The summed E-state index contributed by atoms with van der Waals surface area (Å²) in [5.74, 6) is -0.370. The zero-order valence-electron chi connectivity index (χ0n) is 13.8. The van der Waals surface area contributed by atoms with Gasteiger partial charge in [-0.1, -0.05) is 12.1 Å². The third kappa shape index (κ3) is 3.91. The van der Waals surface area contributed by atoms with Crippen LogP contribution in [-0.2, 0) is 17.9 Å². The molecule has 0 radical (unpaired) electrons. The van der Waals surface area contributed by atoms with Crippen LogP contribution in [-0.4, -0.2) is 30.4 Å². The minimum atomic E-state index is -0.548. The monoisotopic (exact) mass is 358 g/mol. The summed E-state index contributed by atoms with van der Waals surface area (Å²) in [6.45, 7) is 1.79. The molecule has 3 aromatic rings. The van der Waals surface area contributed by atoms with Crippen LogP contribution in [0.25, 0.3) is 0 Å². The van der Waals surface area contributed by atoms with Crippen molar-refractivity contribution in [1.29, 1.82) is 0 Å². The molecular formula is C16H15FN6O3. The van der Waals surface area contributed by atoms with Crippen LogP contribution in [0.15, 0.2) is 42.7 Å². The van der Waals surface area contributed by atoms with Gasteiger partial charge in [0.25, 0.3) is 0 Å². The first-order chi connectivity index (χ1) is 12.4. The Bertz CT molecular complexity index is 947. The molecule has 0 unspecified atom stereocenters. The SMILES string of the molecule is Cc1c([N+](=O)[O-])cnn1CC(=O)Nc1ccn(Cc2ccc(F)cc2)n1. The Morgan fingerprint density at radius 1 is 1.31 bits per heavy atom. The van der Waals surface area contributed by atoms with Gasteiger partial charge in [0.05, 0.1) is 11.5 Å². The number of halogens is 1. The van der Waals surface area contributed by atoms with Crippen LogP contribution in [0.4, 0.5) is 15.9 Å². The number of rotatable bonds is 6. The number of nitrogens with zero attached hydrogens (tertiary/aromatic N) is 5. The maximum atomic E-state index is 12.9. The Hall–Kier alpha value is -3.56. The first-order valence-electron chi connectivity index (χ1n) is 7.67. The number of anilines is 1. The van der Waals surface area contributed by atoms with E-state index in [9.17, 15) is 19.3 Å². The molecule has 1 aromatic carbocycles. The number of hydrogen-bond acceptors (Lipinski definition) is 5. The van der Waals surface area contributed by atoms with E-state index in [0.29, 0.717) is 18.1 Å². The second-order valence-electron chi connectivity index (χ2n) is 5.60. The molecule has 0 aliphatic carbocycles. The maximum absolute atomic E-state index is 12.9. The van der Waals surface area contributed by atoms with Gasteiger partial charge >= 0.3 is 5.69 Å². The summed E-state index contributed by atoms with van der Waals surface area (Å²) in [5.41, 5.74) is 1.03. The van der Waals surface area contributed by atoms with Gasteiger partial charge in [-0.2, -0.15) is 10.2 Å². The predicted molar refractivity (Wildman–Crippen MR) is 90.0 cm³/mol. The van der Waals surface area contributed by atoms with Gasteiger partial charge in [0, 0.05) is 12.3 Å². The molecule has 0 fully saturated rings. The van der Waals surface area contributed by atoms with Gasteiger partial charge in [0.1, 0.15) is 24.3 Å². The fourth-order valence-corrected chi connectivity index (χ4v) is 2.39. The fourth-order valence-electron chi connectivity index (χ4n) is 2.39. The highest BCUT2D eigenvalue weighted by atomic mass is 19.1. The van der Waals surface area contributed by atoms with Crippen molar-refractivity contribution < 1.29 is 14.1 Å². The molecule has 10 heteroatoms. The largest absolute Gasteiger partial charge is 0.309 e. The van der Waals surface area contributed by atoms with Gasteiger partial charge in [-0.3, -0.25) is 24.3 Å². The van der Waals surface area contributed by atoms with Gasteiger partial charge in [-0.05, 0) is 24.6 Å². The Labute approximate surface area is 147 Å². The molecule has 0 atom stereocenters. The lowest BCUT2D eigenvalue weighted by Gasteiger charge is -2.04.